The highest BCUT2D eigenvalue weighted by molar-refractivity contribution is 9.10. The number of hydrogen-bond acceptors (Lipinski definition) is 3. The van der Waals surface area contributed by atoms with E-state index in [0.717, 1.165) is 22.9 Å². The van der Waals surface area contributed by atoms with Crippen molar-refractivity contribution in [2.75, 3.05) is 20.3 Å². The van der Waals surface area contributed by atoms with Crippen LogP contribution in [0.1, 0.15) is 18.4 Å². The molecule has 4 nitrogen and oxygen atoms in total. The first-order chi connectivity index (χ1) is 8.47. The molecule has 1 N–H and O–H groups in total. The summed E-state index contributed by atoms with van der Waals surface area (Å²) in [6, 6.07) is 4.99. The SMILES string of the molecule is COCCCCNS(=O)(=O)c1ccc(Br)c(C)c1. The van der Waals surface area contributed by atoms with Gasteiger partial charge in [-0.05, 0) is 43.5 Å². The van der Waals surface area contributed by atoms with E-state index < -0.39 is 10.0 Å². The zero-order chi connectivity index (χ0) is 13.6. The Bertz CT molecular complexity index is 488. The van der Waals surface area contributed by atoms with E-state index in [4.69, 9.17) is 4.74 Å². The zero-order valence-corrected chi connectivity index (χ0v) is 13.0. The number of aryl methyl sites for hydroxylation is 1. The molecule has 0 aliphatic carbocycles. The highest BCUT2D eigenvalue weighted by Gasteiger charge is 2.13. The van der Waals surface area contributed by atoms with E-state index in [1.165, 1.54) is 0 Å². The Kier molecular flexibility index (Phi) is 6.28. The molecule has 1 aromatic carbocycles. The van der Waals surface area contributed by atoms with Crippen LogP contribution in [0.4, 0.5) is 0 Å². The smallest absolute Gasteiger partial charge is 0.240 e. The van der Waals surface area contributed by atoms with Crippen LogP contribution in [0.2, 0.25) is 0 Å². The van der Waals surface area contributed by atoms with Crippen LogP contribution in [0.3, 0.4) is 0 Å². The summed E-state index contributed by atoms with van der Waals surface area (Å²) in [5, 5.41) is 0. The predicted molar refractivity (Wildman–Crippen MR) is 75.2 cm³/mol. The quantitative estimate of drug-likeness (QED) is 0.778. The van der Waals surface area contributed by atoms with Crippen molar-refractivity contribution in [1.29, 1.82) is 0 Å². The second-order valence-corrected chi connectivity index (χ2v) is 6.63. The van der Waals surface area contributed by atoms with Crippen LogP contribution < -0.4 is 4.72 Å². The van der Waals surface area contributed by atoms with Crippen LogP contribution in [0.5, 0.6) is 0 Å². The fraction of sp³-hybridized carbons (Fsp3) is 0.500. The van der Waals surface area contributed by atoms with Gasteiger partial charge in [0.2, 0.25) is 10.0 Å². The number of unbranched alkanes of at least 4 members (excludes halogenated alkanes) is 1. The monoisotopic (exact) mass is 335 g/mol. The van der Waals surface area contributed by atoms with Gasteiger partial charge in [-0.1, -0.05) is 15.9 Å². The maximum atomic E-state index is 12.0. The fourth-order valence-electron chi connectivity index (χ4n) is 1.45. The minimum absolute atomic E-state index is 0.301. The van der Waals surface area contributed by atoms with Gasteiger partial charge in [-0.15, -0.1) is 0 Å². The zero-order valence-electron chi connectivity index (χ0n) is 10.6. The van der Waals surface area contributed by atoms with Crippen molar-refractivity contribution in [1.82, 2.24) is 4.72 Å². The van der Waals surface area contributed by atoms with Crippen molar-refractivity contribution < 1.29 is 13.2 Å². The lowest BCUT2D eigenvalue weighted by Crippen LogP contribution is -2.25. The molecule has 0 amide bonds. The molecule has 0 unspecified atom stereocenters. The van der Waals surface area contributed by atoms with E-state index in [1.807, 2.05) is 6.92 Å². The first kappa shape index (κ1) is 15.6. The molecule has 0 radical (unpaired) electrons. The van der Waals surface area contributed by atoms with Crippen LogP contribution in [0.15, 0.2) is 27.6 Å². The molecule has 0 aliphatic rings. The molecule has 1 rings (SSSR count). The van der Waals surface area contributed by atoms with Gasteiger partial charge in [0.05, 0.1) is 4.90 Å². The Labute approximate surface area is 117 Å². The van der Waals surface area contributed by atoms with Gasteiger partial charge in [-0.25, -0.2) is 13.1 Å². The van der Waals surface area contributed by atoms with Crippen LogP contribution in [0, 0.1) is 6.92 Å². The molecule has 0 atom stereocenters. The van der Waals surface area contributed by atoms with E-state index >= 15 is 0 Å². The van der Waals surface area contributed by atoms with E-state index in [2.05, 4.69) is 20.7 Å². The van der Waals surface area contributed by atoms with Crippen LogP contribution in [0.25, 0.3) is 0 Å². The summed E-state index contributed by atoms with van der Waals surface area (Å²) in [5.74, 6) is 0. The van der Waals surface area contributed by atoms with Crippen molar-refractivity contribution >= 4 is 26.0 Å². The second kappa shape index (κ2) is 7.23. The number of nitrogens with one attached hydrogen (secondary N) is 1. The standard InChI is InChI=1S/C12H18BrNO3S/c1-10-9-11(5-6-12(10)13)18(15,16)14-7-3-4-8-17-2/h5-6,9,14H,3-4,7-8H2,1-2H3. The Morgan fingerprint density at radius 2 is 2.06 bits per heavy atom. The first-order valence-corrected chi connectivity index (χ1v) is 8.00. The molecular formula is C12H18BrNO3S. The van der Waals surface area contributed by atoms with Gasteiger partial charge in [0, 0.05) is 24.7 Å². The van der Waals surface area contributed by atoms with Gasteiger partial charge >= 0.3 is 0 Å². The van der Waals surface area contributed by atoms with Crippen molar-refractivity contribution in [3.63, 3.8) is 0 Å². The number of halogens is 1. The largest absolute Gasteiger partial charge is 0.385 e. The molecule has 0 heterocycles. The van der Waals surface area contributed by atoms with Crippen molar-refractivity contribution in [2.45, 2.75) is 24.7 Å². The summed E-state index contributed by atoms with van der Waals surface area (Å²) >= 11 is 3.35. The number of methoxy groups -OCH3 is 1. The minimum Gasteiger partial charge on any atom is -0.385 e. The minimum atomic E-state index is -3.40. The van der Waals surface area contributed by atoms with Gasteiger partial charge in [-0.2, -0.15) is 0 Å². The summed E-state index contributed by atoms with van der Waals surface area (Å²) in [7, 11) is -1.76. The van der Waals surface area contributed by atoms with E-state index in [1.54, 1.807) is 25.3 Å². The Hall–Kier alpha value is -0.430. The lowest BCUT2D eigenvalue weighted by Gasteiger charge is -2.08. The maximum absolute atomic E-state index is 12.0. The van der Waals surface area contributed by atoms with Gasteiger partial charge in [0.15, 0.2) is 0 Å². The number of ether oxygens (including phenoxy) is 1. The highest BCUT2D eigenvalue weighted by atomic mass is 79.9. The van der Waals surface area contributed by atoms with Gasteiger partial charge in [0.25, 0.3) is 0 Å². The molecule has 0 aromatic heterocycles. The van der Waals surface area contributed by atoms with E-state index in [0.29, 0.717) is 18.0 Å². The van der Waals surface area contributed by atoms with Crippen LogP contribution in [-0.4, -0.2) is 28.7 Å². The summed E-state index contributed by atoms with van der Waals surface area (Å²) in [6.07, 6.45) is 1.61. The van der Waals surface area contributed by atoms with Gasteiger partial charge in [-0.3, -0.25) is 0 Å². The topological polar surface area (TPSA) is 55.4 Å². The third-order valence-corrected chi connectivity index (χ3v) is 4.86. The third-order valence-electron chi connectivity index (χ3n) is 2.51. The van der Waals surface area contributed by atoms with Crippen LogP contribution in [-0.2, 0) is 14.8 Å². The number of hydrogen-bond donors (Lipinski definition) is 1. The lowest BCUT2D eigenvalue weighted by molar-refractivity contribution is 0.193. The van der Waals surface area contributed by atoms with Crippen molar-refractivity contribution in [3.05, 3.63) is 28.2 Å². The molecule has 0 bridgehead atoms. The summed E-state index contributed by atoms with van der Waals surface area (Å²) in [5.41, 5.74) is 0.900. The number of sulfonamides is 1. The Morgan fingerprint density at radius 3 is 2.67 bits per heavy atom. The molecule has 0 aliphatic heterocycles. The van der Waals surface area contributed by atoms with Gasteiger partial charge in [0.1, 0.15) is 0 Å². The molecule has 0 spiro atoms. The average Bonchev–Trinajstić information content (AvgIpc) is 2.32. The second-order valence-electron chi connectivity index (χ2n) is 4.01. The molecule has 6 heteroatoms. The summed E-state index contributed by atoms with van der Waals surface area (Å²) in [4.78, 5) is 0.301. The lowest BCUT2D eigenvalue weighted by atomic mass is 10.2. The maximum Gasteiger partial charge on any atom is 0.240 e. The number of benzene rings is 1. The fourth-order valence-corrected chi connectivity index (χ4v) is 2.85. The molecule has 0 fully saturated rings. The molecule has 102 valence electrons. The molecule has 18 heavy (non-hydrogen) atoms. The first-order valence-electron chi connectivity index (χ1n) is 5.72. The normalized spacial score (nSPS) is 11.7. The van der Waals surface area contributed by atoms with Crippen LogP contribution >= 0.6 is 15.9 Å². The van der Waals surface area contributed by atoms with Crippen molar-refractivity contribution in [3.8, 4) is 0 Å². The molecule has 1 aromatic rings. The Balaban J connectivity index is 2.60. The van der Waals surface area contributed by atoms with E-state index in [9.17, 15) is 8.42 Å². The molecular weight excluding hydrogens is 318 g/mol. The molecule has 0 saturated heterocycles. The average molecular weight is 336 g/mol. The summed E-state index contributed by atoms with van der Waals surface area (Å²) < 4.78 is 32.3. The Morgan fingerprint density at radius 1 is 1.33 bits per heavy atom. The van der Waals surface area contributed by atoms with E-state index in [-0.39, 0.29) is 0 Å². The predicted octanol–water partition coefficient (Wildman–Crippen LogP) is 2.46. The molecule has 0 saturated carbocycles. The third kappa shape index (κ3) is 4.68. The highest BCUT2D eigenvalue weighted by Crippen LogP contribution is 2.19. The number of rotatable bonds is 7. The summed E-state index contributed by atoms with van der Waals surface area (Å²) in [6.45, 7) is 2.95. The van der Waals surface area contributed by atoms with Gasteiger partial charge < -0.3 is 4.74 Å². The van der Waals surface area contributed by atoms with Crippen molar-refractivity contribution in [2.24, 2.45) is 0 Å².